The van der Waals surface area contributed by atoms with E-state index >= 15 is 0 Å². The van der Waals surface area contributed by atoms with Crippen LogP contribution in [0.4, 0.5) is 10.5 Å². The molecule has 0 radical (unpaired) electrons. The zero-order chi connectivity index (χ0) is 14.5. The monoisotopic (exact) mass is 277 g/mol. The number of hydrogen-bond acceptors (Lipinski definition) is 4. The van der Waals surface area contributed by atoms with Crippen molar-refractivity contribution in [2.24, 2.45) is 0 Å². The second-order valence-corrected chi connectivity index (χ2v) is 4.72. The van der Waals surface area contributed by atoms with Crippen molar-refractivity contribution in [3.8, 4) is 0 Å². The molecule has 1 fully saturated rings. The zero-order valence-corrected chi connectivity index (χ0v) is 11.7. The number of urea groups is 1. The van der Waals surface area contributed by atoms with Gasteiger partial charge in [0.2, 0.25) is 0 Å². The van der Waals surface area contributed by atoms with Crippen molar-refractivity contribution in [2.75, 3.05) is 25.5 Å². The van der Waals surface area contributed by atoms with Gasteiger partial charge in [0, 0.05) is 25.9 Å². The van der Waals surface area contributed by atoms with E-state index in [1.807, 2.05) is 24.3 Å². The molecular formula is C14H19N3O3. The molecule has 1 unspecified atom stereocenters. The Hall–Kier alpha value is -2.08. The third-order valence-corrected chi connectivity index (χ3v) is 3.11. The Bertz CT molecular complexity index is 504. The largest absolute Gasteiger partial charge is 0.380 e. The van der Waals surface area contributed by atoms with Crippen molar-refractivity contribution in [3.05, 3.63) is 29.8 Å². The second-order valence-electron chi connectivity index (χ2n) is 4.72. The molecule has 2 N–H and O–H groups in total. The third-order valence-electron chi connectivity index (χ3n) is 3.11. The standard InChI is InChI=1S/C14H19N3O3/c1-10(13(18)17-7-6-15-14(17)19)16-12-5-3-4-11(8-12)9-20-2/h3-5,8,10,16H,6-7,9H2,1-2H3,(H,15,19). The number of anilines is 1. The van der Waals surface area contributed by atoms with E-state index in [1.54, 1.807) is 14.0 Å². The van der Waals surface area contributed by atoms with Gasteiger partial charge in [-0.25, -0.2) is 4.79 Å². The number of benzene rings is 1. The number of carbonyl (C=O) groups excluding carboxylic acids is 2. The van der Waals surface area contributed by atoms with E-state index in [4.69, 9.17) is 4.74 Å². The van der Waals surface area contributed by atoms with E-state index < -0.39 is 6.04 Å². The summed E-state index contributed by atoms with van der Waals surface area (Å²) in [7, 11) is 1.64. The highest BCUT2D eigenvalue weighted by Gasteiger charge is 2.29. The molecule has 0 spiro atoms. The minimum absolute atomic E-state index is 0.225. The van der Waals surface area contributed by atoms with Crippen molar-refractivity contribution in [3.63, 3.8) is 0 Å². The van der Waals surface area contributed by atoms with Crippen LogP contribution in [-0.4, -0.2) is 43.1 Å². The molecule has 0 saturated carbocycles. The average molecular weight is 277 g/mol. The molecule has 1 atom stereocenters. The lowest BCUT2D eigenvalue weighted by Crippen LogP contribution is -2.43. The molecule has 0 aromatic heterocycles. The van der Waals surface area contributed by atoms with Crippen molar-refractivity contribution in [1.82, 2.24) is 10.2 Å². The molecule has 108 valence electrons. The van der Waals surface area contributed by atoms with Gasteiger partial charge in [-0.1, -0.05) is 12.1 Å². The summed E-state index contributed by atoms with van der Waals surface area (Å²) in [5.74, 6) is -0.225. The predicted molar refractivity (Wildman–Crippen MR) is 75.4 cm³/mol. The number of methoxy groups -OCH3 is 1. The molecule has 6 heteroatoms. The van der Waals surface area contributed by atoms with E-state index in [0.717, 1.165) is 11.3 Å². The summed E-state index contributed by atoms with van der Waals surface area (Å²) in [6.07, 6.45) is 0. The van der Waals surface area contributed by atoms with Crippen molar-refractivity contribution >= 4 is 17.6 Å². The Kier molecular flexibility index (Phi) is 4.57. The van der Waals surface area contributed by atoms with Gasteiger partial charge in [0.25, 0.3) is 5.91 Å². The van der Waals surface area contributed by atoms with E-state index in [-0.39, 0.29) is 11.9 Å². The van der Waals surface area contributed by atoms with Gasteiger partial charge >= 0.3 is 6.03 Å². The lowest BCUT2D eigenvalue weighted by molar-refractivity contribution is -0.128. The molecule has 1 aromatic rings. The number of nitrogens with zero attached hydrogens (tertiary/aromatic N) is 1. The van der Waals surface area contributed by atoms with Crippen molar-refractivity contribution in [2.45, 2.75) is 19.6 Å². The molecule has 1 aliphatic rings. The van der Waals surface area contributed by atoms with Gasteiger partial charge in [-0.15, -0.1) is 0 Å². The van der Waals surface area contributed by atoms with Gasteiger partial charge in [-0.3, -0.25) is 9.69 Å². The summed E-state index contributed by atoms with van der Waals surface area (Å²) < 4.78 is 5.07. The van der Waals surface area contributed by atoms with Gasteiger partial charge in [0.05, 0.1) is 6.61 Å². The van der Waals surface area contributed by atoms with Crippen LogP contribution in [0, 0.1) is 0 Å². The molecule has 1 heterocycles. The van der Waals surface area contributed by atoms with E-state index in [0.29, 0.717) is 19.7 Å². The van der Waals surface area contributed by atoms with Gasteiger partial charge in [0.15, 0.2) is 0 Å². The smallest absolute Gasteiger partial charge is 0.324 e. The molecule has 1 aromatic carbocycles. The van der Waals surface area contributed by atoms with Crippen LogP contribution in [0.1, 0.15) is 12.5 Å². The van der Waals surface area contributed by atoms with E-state index in [1.165, 1.54) is 4.90 Å². The number of carbonyl (C=O) groups is 2. The molecule has 2 rings (SSSR count). The molecule has 20 heavy (non-hydrogen) atoms. The van der Waals surface area contributed by atoms with Crippen LogP contribution in [0.25, 0.3) is 0 Å². The van der Waals surface area contributed by atoms with Crippen LogP contribution in [-0.2, 0) is 16.1 Å². The summed E-state index contributed by atoms with van der Waals surface area (Å²) in [6, 6.07) is 6.88. The minimum atomic E-state index is -0.461. The number of nitrogens with one attached hydrogen (secondary N) is 2. The Morgan fingerprint density at radius 2 is 2.35 bits per heavy atom. The molecule has 6 nitrogen and oxygen atoms in total. The number of ether oxygens (including phenoxy) is 1. The molecule has 1 aliphatic heterocycles. The maximum Gasteiger partial charge on any atom is 0.324 e. The summed E-state index contributed by atoms with van der Waals surface area (Å²) >= 11 is 0. The maximum atomic E-state index is 12.1. The van der Waals surface area contributed by atoms with E-state index in [2.05, 4.69) is 10.6 Å². The summed E-state index contributed by atoms with van der Waals surface area (Å²) in [4.78, 5) is 24.8. The Balaban J connectivity index is 2.00. The molecule has 0 aliphatic carbocycles. The molecular weight excluding hydrogens is 258 g/mol. The lowest BCUT2D eigenvalue weighted by atomic mass is 10.2. The average Bonchev–Trinajstić information content (AvgIpc) is 2.85. The first-order valence-corrected chi connectivity index (χ1v) is 6.55. The molecule has 1 saturated heterocycles. The van der Waals surface area contributed by atoms with Crippen LogP contribution in [0.15, 0.2) is 24.3 Å². The van der Waals surface area contributed by atoms with Gasteiger partial charge in [0.1, 0.15) is 6.04 Å². The van der Waals surface area contributed by atoms with Crippen LogP contribution >= 0.6 is 0 Å². The molecule has 3 amide bonds. The van der Waals surface area contributed by atoms with Crippen LogP contribution < -0.4 is 10.6 Å². The summed E-state index contributed by atoms with van der Waals surface area (Å²) in [5, 5.41) is 5.73. The number of imide groups is 1. The van der Waals surface area contributed by atoms with Crippen molar-refractivity contribution < 1.29 is 14.3 Å². The Labute approximate surface area is 118 Å². The summed E-state index contributed by atoms with van der Waals surface area (Å²) in [6.45, 7) is 3.21. The lowest BCUT2D eigenvalue weighted by Gasteiger charge is -2.20. The van der Waals surface area contributed by atoms with Gasteiger partial charge in [-0.2, -0.15) is 0 Å². The van der Waals surface area contributed by atoms with Crippen LogP contribution in [0.5, 0.6) is 0 Å². The fourth-order valence-electron chi connectivity index (χ4n) is 2.14. The second kappa shape index (κ2) is 6.38. The van der Waals surface area contributed by atoms with E-state index in [9.17, 15) is 9.59 Å². The van der Waals surface area contributed by atoms with Crippen molar-refractivity contribution in [1.29, 1.82) is 0 Å². The highest BCUT2D eigenvalue weighted by atomic mass is 16.5. The van der Waals surface area contributed by atoms with Crippen LogP contribution in [0.2, 0.25) is 0 Å². The topological polar surface area (TPSA) is 70.7 Å². The normalized spacial score (nSPS) is 15.9. The fourth-order valence-corrected chi connectivity index (χ4v) is 2.14. The predicted octanol–water partition coefficient (Wildman–Crippen LogP) is 1.19. The number of rotatable bonds is 5. The number of amides is 3. The Morgan fingerprint density at radius 3 is 3.00 bits per heavy atom. The fraction of sp³-hybridized carbons (Fsp3) is 0.429. The summed E-state index contributed by atoms with van der Waals surface area (Å²) in [5.41, 5.74) is 1.86. The van der Waals surface area contributed by atoms with Gasteiger partial charge in [-0.05, 0) is 24.6 Å². The van der Waals surface area contributed by atoms with Gasteiger partial charge < -0.3 is 15.4 Å². The SMILES string of the molecule is COCc1cccc(NC(C)C(=O)N2CCNC2=O)c1. The zero-order valence-electron chi connectivity index (χ0n) is 11.7. The first-order chi connectivity index (χ1) is 9.61. The first-order valence-electron chi connectivity index (χ1n) is 6.55. The third kappa shape index (κ3) is 3.27. The maximum absolute atomic E-state index is 12.1. The number of hydrogen-bond donors (Lipinski definition) is 2. The highest BCUT2D eigenvalue weighted by Crippen LogP contribution is 2.13. The highest BCUT2D eigenvalue weighted by molar-refractivity contribution is 5.99. The molecule has 0 bridgehead atoms. The van der Waals surface area contributed by atoms with Crippen LogP contribution in [0.3, 0.4) is 0 Å². The Morgan fingerprint density at radius 1 is 1.55 bits per heavy atom. The minimum Gasteiger partial charge on any atom is -0.380 e. The quantitative estimate of drug-likeness (QED) is 0.848. The first kappa shape index (κ1) is 14.3.